The van der Waals surface area contributed by atoms with E-state index >= 15 is 0 Å². The summed E-state index contributed by atoms with van der Waals surface area (Å²) in [5.41, 5.74) is 0.618. The first-order valence-electron chi connectivity index (χ1n) is 11.9. The minimum atomic E-state index is -4.96. The van der Waals surface area contributed by atoms with Crippen LogP contribution in [0.1, 0.15) is 28.9 Å². The number of pyridine rings is 2. The van der Waals surface area contributed by atoms with E-state index in [-0.39, 0.29) is 6.04 Å². The molecule has 12 heteroatoms. The van der Waals surface area contributed by atoms with E-state index in [2.05, 4.69) is 25.0 Å². The van der Waals surface area contributed by atoms with Gasteiger partial charge in [0, 0.05) is 68.0 Å². The molecule has 1 radical (unpaired) electrons. The van der Waals surface area contributed by atoms with Gasteiger partial charge in [-0.15, -0.1) is 0 Å². The molecular weight excluding hydrogens is 490 g/mol. The van der Waals surface area contributed by atoms with Crippen LogP contribution in [0, 0.1) is 11.9 Å². The molecule has 191 valence electrons. The lowest BCUT2D eigenvalue weighted by molar-refractivity contribution is -0.143. The summed E-state index contributed by atoms with van der Waals surface area (Å²) in [5, 5.41) is 5.57. The molecule has 0 bridgehead atoms. The summed E-state index contributed by atoms with van der Waals surface area (Å²) in [6.07, 6.45) is 4.64. The maximum atomic E-state index is 14.4. The van der Waals surface area contributed by atoms with Crippen LogP contribution >= 0.6 is 0 Å². The van der Waals surface area contributed by atoms with Crippen molar-refractivity contribution < 1.29 is 22.4 Å². The lowest BCUT2D eigenvalue weighted by atomic mass is 9.97. The Morgan fingerprint density at radius 2 is 1.81 bits per heavy atom. The number of carbonyl (C=O) groups is 1. The molecule has 8 nitrogen and oxygen atoms in total. The Balaban J connectivity index is 1.05. The molecule has 4 aromatic rings. The second kappa shape index (κ2) is 8.94. The van der Waals surface area contributed by atoms with Crippen molar-refractivity contribution >= 4 is 16.9 Å². The number of alkyl halides is 3. The fraction of sp³-hybridized carbons (Fsp3) is 0.320. The van der Waals surface area contributed by atoms with Crippen LogP contribution in [0.15, 0.2) is 49.2 Å². The van der Waals surface area contributed by atoms with E-state index in [1.165, 1.54) is 4.90 Å². The first-order chi connectivity index (χ1) is 17.8. The Hall–Kier alpha value is -3.80. The Kier molecular flexibility index (Phi) is 5.70. The number of fused-ring (bicyclic) bond motifs is 1. The molecule has 0 unspecified atom stereocenters. The Morgan fingerprint density at radius 3 is 2.57 bits per heavy atom. The first-order valence-corrected chi connectivity index (χ1v) is 11.9. The summed E-state index contributed by atoms with van der Waals surface area (Å²) in [6.45, 7) is 2.17. The summed E-state index contributed by atoms with van der Waals surface area (Å²) >= 11 is 0. The number of halogens is 4. The van der Waals surface area contributed by atoms with Gasteiger partial charge in [-0.25, -0.2) is 14.4 Å². The van der Waals surface area contributed by atoms with Gasteiger partial charge in [0.25, 0.3) is 5.91 Å². The van der Waals surface area contributed by atoms with Crippen molar-refractivity contribution in [3.63, 3.8) is 0 Å². The molecule has 0 saturated carbocycles. The van der Waals surface area contributed by atoms with E-state index in [0.717, 1.165) is 53.6 Å². The SMILES string of the molecule is O=C(c1ccnc(C(F)(F)F)c1F)N1CCC(N2C[C](n3cc(-c4ccnc5[nH]ccc45)cn3)C2)CC1. The maximum Gasteiger partial charge on any atom is 0.436 e. The smallest absolute Gasteiger partial charge is 0.346 e. The van der Waals surface area contributed by atoms with Gasteiger partial charge in [0.2, 0.25) is 0 Å². The number of aromatic nitrogens is 5. The zero-order chi connectivity index (χ0) is 25.7. The molecule has 1 N–H and O–H groups in total. The van der Waals surface area contributed by atoms with Crippen LogP contribution in [0.3, 0.4) is 0 Å². The number of piperidine rings is 1. The summed E-state index contributed by atoms with van der Waals surface area (Å²) < 4.78 is 55.2. The van der Waals surface area contributed by atoms with Crippen LogP contribution in [0.4, 0.5) is 17.6 Å². The van der Waals surface area contributed by atoms with Crippen molar-refractivity contribution in [2.45, 2.75) is 25.1 Å². The number of carbonyl (C=O) groups excluding carboxylic acids is 1. The molecule has 2 fully saturated rings. The minimum Gasteiger partial charge on any atom is -0.346 e. The van der Waals surface area contributed by atoms with Crippen LogP contribution in [0.25, 0.3) is 22.2 Å². The number of H-pyrrole nitrogens is 1. The molecule has 0 aromatic carbocycles. The van der Waals surface area contributed by atoms with Crippen LogP contribution in [0.5, 0.6) is 0 Å². The van der Waals surface area contributed by atoms with Gasteiger partial charge in [-0.05, 0) is 36.6 Å². The average molecular weight is 512 g/mol. The highest BCUT2D eigenvalue weighted by Gasteiger charge is 2.40. The lowest BCUT2D eigenvalue weighted by Crippen LogP contribution is -2.56. The van der Waals surface area contributed by atoms with E-state index in [0.29, 0.717) is 25.9 Å². The molecule has 6 heterocycles. The third kappa shape index (κ3) is 4.24. The molecule has 1 amide bonds. The predicted molar refractivity (Wildman–Crippen MR) is 126 cm³/mol. The Bertz CT molecular complexity index is 1450. The number of amides is 1. The van der Waals surface area contributed by atoms with Crippen LogP contribution in [-0.2, 0) is 6.18 Å². The second-order valence-electron chi connectivity index (χ2n) is 9.29. The summed E-state index contributed by atoms with van der Waals surface area (Å²) in [5.74, 6) is -2.36. The molecule has 0 aliphatic carbocycles. The number of aromatic amines is 1. The van der Waals surface area contributed by atoms with Gasteiger partial charge in [0.15, 0.2) is 11.5 Å². The van der Waals surface area contributed by atoms with Gasteiger partial charge >= 0.3 is 6.18 Å². The van der Waals surface area contributed by atoms with Crippen molar-refractivity contribution in [3.05, 3.63) is 72.3 Å². The number of rotatable bonds is 4. The Morgan fingerprint density at radius 1 is 1.05 bits per heavy atom. The monoisotopic (exact) mass is 512 g/mol. The highest BCUT2D eigenvalue weighted by Crippen LogP contribution is 2.33. The van der Waals surface area contributed by atoms with Gasteiger partial charge in [-0.1, -0.05) is 0 Å². The zero-order valence-corrected chi connectivity index (χ0v) is 19.5. The van der Waals surface area contributed by atoms with Crippen molar-refractivity contribution in [1.29, 1.82) is 0 Å². The second-order valence-corrected chi connectivity index (χ2v) is 9.29. The van der Waals surface area contributed by atoms with Gasteiger partial charge in [0.05, 0.1) is 11.8 Å². The summed E-state index contributed by atoms with van der Waals surface area (Å²) in [7, 11) is 0. The molecular formula is C25H22F4N7O. The third-order valence-electron chi connectivity index (χ3n) is 7.11. The fourth-order valence-corrected chi connectivity index (χ4v) is 5.08. The van der Waals surface area contributed by atoms with Gasteiger partial charge in [0.1, 0.15) is 11.7 Å². The number of likely N-dealkylation sites (tertiary alicyclic amines) is 2. The maximum absolute atomic E-state index is 14.4. The van der Waals surface area contributed by atoms with Gasteiger partial charge < -0.3 is 9.88 Å². The quantitative estimate of drug-likeness (QED) is 0.419. The van der Waals surface area contributed by atoms with Crippen molar-refractivity contribution in [2.24, 2.45) is 0 Å². The molecule has 0 atom stereocenters. The highest BCUT2D eigenvalue weighted by molar-refractivity contribution is 5.94. The molecule has 4 aromatic heterocycles. The van der Waals surface area contributed by atoms with Crippen molar-refractivity contribution in [1.82, 2.24) is 34.5 Å². The predicted octanol–water partition coefficient (Wildman–Crippen LogP) is 3.98. The normalized spacial score (nSPS) is 17.9. The molecule has 2 aliphatic heterocycles. The summed E-state index contributed by atoms with van der Waals surface area (Å²) in [4.78, 5) is 26.9. The van der Waals surface area contributed by atoms with Gasteiger partial charge in [-0.3, -0.25) is 14.4 Å². The van der Waals surface area contributed by atoms with Gasteiger partial charge in [-0.2, -0.15) is 18.3 Å². The largest absolute Gasteiger partial charge is 0.436 e. The molecule has 2 saturated heterocycles. The van der Waals surface area contributed by atoms with Crippen molar-refractivity contribution in [2.75, 3.05) is 26.2 Å². The van der Waals surface area contributed by atoms with E-state index in [4.69, 9.17) is 0 Å². The fourth-order valence-electron chi connectivity index (χ4n) is 5.08. The third-order valence-corrected chi connectivity index (χ3v) is 7.11. The molecule has 6 rings (SSSR count). The van der Waals surface area contributed by atoms with Crippen LogP contribution < -0.4 is 0 Å². The molecule has 2 aliphatic rings. The highest BCUT2D eigenvalue weighted by atomic mass is 19.4. The van der Waals surface area contributed by atoms with Crippen molar-refractivity contribution in [3.8, 4) is 11.1 Å². The van der Waals surface area contributed by atoms with E-state index < -0.39 is 29.2 Å². The number of nitrogens with zero attached hydrogens (tertiary/aromatic N) is 6. The van der Waals surface area contributed by atoms with Crippen LogP contribution in [-0.4, -0.2) is 72.7 Å². The minimum absolute atomic E-state index is 0.232. The average Bonchev–Trinajstić information content (AvgIpc) is 3.52. The van der Waals surface area contributed by atoms with E-state index in [1.807, 2.05) is 35.4 Å². The number of hydrogen-bond acceptors (Lipinski definition) is 5. The van der Waals surface area contributed by atoms with Crippen LogP contribution in [0.2, 0.25) is 0 Å². The topological polar surface area (TPSA) is 82.9 Å². The zero-order valence-electron chi connectivity index (χ0n) is 19.5. The Labute approximate surface area is 208 Å². The standard InChI is InChI=1S/C25H22F4N7O/c26-21-20(3-6-30-22(21)25(27,28)29)24(37)34-9-4-16(5-10-34)35-13-17(14-35)36-12-15(11-33-36)18-1-7-31-23-19(18)2-8-32-23/h1-3,6-8,11-12,16H,4-5,9-10,13-14H2,(H,31,32). The summed E-state index contributed by atoms with van der Waals surface area (Å²) in [6, 6.07) is 6.34. The first kappa shape index (κ1) is 23.6. The van der Waals surface area contributed by atoms with E-state index in [1.54, 1.807) is 6.20 Å². The number of hydrogen-bond donors (Lipinski definition) is 1. The lowest BCUT2D eigenvalue weighted by Gasteiger charge is -2.46. The number of nitrogens with one attached hydrogen (secondary N) is 1. The molecule has 0 spiro atoms. The molecule has 37 heavy (non-hydrogen) atoms. The van der Waals surface area contributed by atoms with E-state index in [9.17, 15) is 22.4 Å².